The predicted molar refractivity (Wildman–Crippen MR) is 81.3 cm³/mol. The second-order valence-corrected chi connectivity index (χ2v) is 6.32. The Labute approximate surface area is 129 Å². The zero-order valence-corrected chi connectivity index (χ0v) is 14.0. The lowest BCUT2D eigenvalue weighted by molar-refractivity contribution is 0.0243. The van der Waals surface area contributed by atoms with Crippen LogP contribution in [-0.2, 0) is 4.74 Å². The molecule has 2 N–H and O–H groups in total. The molecule has 4 nitrogen and oxygen atoms in total. The number of aliphatic hydroxyl groups is 1. The van der Waals surface area contributed by atoms with Gasteiger partial charge in [0.05, 0.1) is 11.2 Å². The fourth-order valence-corrected chi connectivity index (χ4v) is 2.68. The van der Waals surface area contributed by atoms with Gasteiger partial charge in [0.25, 0.3) is 5.91 Å². The van der Waals surface area contributed by atoms with Gasteiger partial charge < -0.3 is 15.2 Å². The molecule has 1 atom stereocenters. The summed E-state index contributed by atoms with van der Waals surface area (Å²) < 4.78 is 6.51. The molecule has 0 saturated carbocycles. The van der Waals surface area contributed by atoms with Gasteiger partial charge in [-0.2, -0.15) is 0 Å². The topological polar surface area (TPSA) is 58.6 Å². The van der Waals surface area contributed by atoms with E-state index in [9.17, 15) is 9.90 Å². The van der Waals surface area contributed by atoms with E-state index in [1.165, 1.54) is 0 Å². The number of carbonyl (C=O) groups excluding carboxylic acids is 1. The summed E-state index contributed by atoms with van der Waals surface area (Å²) in [6.07, 6.45) is 0.464. The first-order valence-corrected chi connectivity index (χ1v) is 7.39. The summed E-state index contributed by atoms with van der Waals surface area (Å²) in [7, 11) is 1.58. The number of methoxy groups -OCH3 is 1. The molecule has 0 aliphatic rings. The van der Waals surface area contributed by atoms with Crippen LogP contribution in [0.4, 0.5) is 0 Å². The first kappa shape index (κ1) is 16.6. The van der Waals surface area contributed by atoms with Crippen LogP contribution in [0.3, 0.4) is 0 Å². The van der Waals surface area contributed by atoms with Crippen molar-refractivity contribution in [2.24, 2.45) is 0 Å². The Kier molecular flexibility index (Phi) is 6.46. The molecule has 106 valence electrons. The highest BCUT2D eigenvalue weighted by molar-refractivity contribution is 9.11. The van der Waals surface area contributed by atoms with Gasteiger partial charge >= 0.3 is 0 Å². The smallest absolute Gasteiger partial charge is 0.252 e. The Morgan fingerprint density at radius 2 is 2.16 bits per heavy atom. The van der Waals surface area contributed by atoms with Crippen LogP contribution in [0, 0.1) is 0 Å². The van der Waals surface area contributed by atoms with Gasteiger partial charge in [-0.15, -0.1) is 0 Å². The van der Waals surface area contributed by atoms with Crippen LogP contribution in [0.1, 0.15) is 23.7 Å². The number of benzene rings is 1. The van der Waals surface area contributed by atoms with Crippen molar-refractivity contribution in [2.75, 3.05) is 20.3 Å². The molecule has 1 unspecified atom stereocenters. The molecule has 1 aromatic rings. The maximum absolute atomic E-state index is 12.0. The average molecular weight is 395 g/mol. The van der Waals surface area contributed by atoms with Gasteiger partial charge in [0.2, 0.25) is 0 Å². The molecular formula is C13H17Br2NO3. The number of hydrogen-bond donors (Lipinski definition) is 2. The monoisotopic (exact) mass is 393 g/mol. The summed E-state index contributed by atoms with van der Waals surface area (Å²) in [5, 5.41) is 12.8. The van der Waals surface area contributed by atoms with E-state index in [2.05, 4.69) is 37.2 Å². The number of carbonyl (C=O) groups is 1. The molecule has 0 aliphatic heterocycles. The number of rotatable bonds is 6. The molecule has 0 heterocycles. The standard InChI is InChI=1S/C13H17Br2NO3/c1-13(18,5-6-19-2)8-16-12(17)10-4-3-9(14)7-11(10)15/h3-4,7,18H,5-6,8H2,1-2H3,(H,16,17). The molecule has 0 saturated heterocycles. The Balaban J connectivity index is 2.60. The molecule has 1 rings (SSSR count). The molecule has 1 aromatic carbocycles. The Bertz CT molecular complexity index is 450. The van der Waals surface area contributed by atoms with Gasteiger partial charge in [0.15, 0.2) is 0 Å². The van der Waals surface area contributed by atoms with Crippen LogP contribution in [0.2, 0.25) is 0 Å². The van der Waals surface area contributed by atoms with Gasteiger partial charge in [-0.05, 0) is 41.1 Å². The highest BCUT2D eigenvalue weighted by Crippen LogP contribution is 2.22. The maximum atomic E-state index is 12.0. The molecule has 0 radical (unpaired) electrons. The summed E-state index contributed by atoms with van der Waals surface area (Å²) in [5.41, 5.74) is -0.446. The molecule has 19 heavy (non-hydrogen) atoms. The van der Waals surface area contributed by atoms with Gasteiger partial charge in [0.1, 0.15) is 0 Å². The summed E-state index contributed by atoms with van der Waals surface area (Å²) in [5.74, 6) is -0.225. The second-order valence-electron chi connectivity index (χ2n) is 4.55. The van der Waals surface area contributed by atoms with Gasteiger partial charge in [-0.3, -0.25) is 4.79 Å². The number of hydrogen-bond acceptors (Lipinski definition) is 3. The van der Waals surface area contributed by atoms with Crippen molar-refractivity contribution in [2.45, 2.75) is 18.9 Å². The van der Waals surface area contributed by atoms with E-state index < -0.39 is 5.60 Å². The molecule has 6 heteroatoms. The zero-order chi connectivity index (χ0) is 14.5. The van der Waals surface area contributed by atoms with Crippen LogP contribution in [-0.4, -0.2) is 36.9 Å². The number of nitrogens with one attached hydrogen (secondary N) is 1. The molecule has 0 bridgehead atoms. The Morgan fingerprint density at radius 3 is 2.74 bits per heavy atom. The highest BCUT2D eigenvalue weighted by atomic mass is 79.9. The van der Waals surface area contributed by atoms with Crippen molar-refractivity contribution in [1.82, 2.24) is 5.32 Å². The third kappa shape index (κ3) is 5.60. The van der Waals surface area contributed by atoms with E-state index in [1.807, 2.05) is 0 Å². The van der Waals surface area contributed by atoms with Crippen molar-refractivity contribution in [3.8, 4) is 0 Å². The summed E-state index contributed by atoms with van der Waals surface area (Å²) in [6, 6.07) is 5.31. The molecule has 0 aliphatic carbocycles. The van der Waals surface area contributed by atoms with Crippen LogP contribution >= 0.6 is 31.9 Å². The minimum Gasteiger partial charge on any atom is -0.388 e. The summed E-state index contributed by atoms with van der Waals surface area (Å²) in [4.78, 5) is 12.0. The van der Waals surface area contributed by atoms with Crippen LogP contribution < -0.4 is 5.32 Å². The zero-order valence-electron chi connectivity index (χ0n) is 10.9. The van der Waals surface area contributed by atoms with Crippen molar-refractivity contribution in [3.05, 3.63) is 32.7 Å². The normalized spacial score (nSPS) is 13.9. The van der Waals surface area contributed by atoms with Crippen LogP contribution in [0.15, 0.2) is 27.1 Å². The lowest BCUT2D eigenvalue weighted by atomic mass is 10.0. The van der Waals surface area contributed by atoms with Crippen LogP contribution in [0.25, 0.3) is 0 Å². The minimum atomic E-state index is -0.979. The van der Waals surface area contributed by atoms with Crippen molar-refractivity contribution >= 4 is 37.8 Å². The van der Waals surface area contributed by atoms with Crippen molar-refractivity contribution in [1.29, 1.82) is 0 Å². The number of ether oxygens (including phenoxy) is 1. The maximum Gasteiger partial charge on any atom is 0.252 e. The third-order valence-electron chi connectivity index (χ3n) is 2.65. The lowest BCUT2D eigenvalue weighted by Crippen LogP contribution is -2.41. The third-order valence-corrected chi connectivity index (χ3v) is 3.80. The first-order valence-electron chi connectivity index (χ1n) is 5.80. The molecule has 0 aromatic heterocycles. The van der Waals surface area contributed by atoms with E-state index in [0.717, 1.165) is 4.47 Å². The fourth-order valence-electron chi connectivity index (χ4n) is 1.45. The molecule has 1 amide bonds. The first-order chi connectivity index (χ1) is 8.85. The predicted octanol–water partition coefficient (Wildman–Crippen LogP) is 2.73. The Morgan fingerprint density at radius 1 is 1.47 bits per heavy atom. The quantitative estimate of drug-likeness (QED) is 0.779. The summed E-state index contributed by atoms with van der Waals surface area (Å²) >= 11 is 6.67. The summed E-state index contributed by atoms with van der Waals surface area (Å²) in [6.45, 7) is 2.30. The van der Waals surface area contributed by atoms with E-state index in [-0.39, 0.29) is 12.5 Å². The van der Waals surface area contributed by atoms with Crippen molar-refractivity contribution in [3.63, 3.8) is 0 Å². The lowest BCUT2D eigenvalue weighted by Gasteiger charge is -2.23. The largest absolute Gasteiger partial charge is 0.388 e. The van der Waals surface area contributed by atoms with E-state index in [0.29, 0.717) is 23.1 Å². The molecule has 0 spiro atoms. The minimum absolute atomic E-state index is 0.178. The van der Waals surface area contributed by atoms with E-state index >= 15 is 0 Å². The average Bonchev–Trinajstić information content (AvgIpc) is 2.34. The van der Waals surface area contributed by atoms with Crippen molar-refractivity contribution < 1.29 is 14.6 Å². The highest BCUT2D eigenvalue weighted by Gasteiger charge is 2.21. The van der Waals surface area contributed by atoms with Gasteiger partial charge in [-0.1, -0.05) is 15.9 Å². The van der Waals surface area contributed by atoms with Gasteiger partial charge in [0, 0.05) is 35.6 Å². The molecular weight excluding hydrogens is 378 g/mol. The molecule has 0 fully saturated rings. The SMILES string of the molecule is COCCC(C)(O)CNC(=O)c1ccc(Br)cc1Br. The van der Waals surface area contributed by atoms with E-state index in [1.54, 1.807) is 32.2 Å². The number of amides is 1. The van der Waals surface area contributed by atoms with E-state index in [4.69, 9.17) is 4.74 Å². The van der Waals surface area contributed by atoms with Gasteiger partial charge in [-0.25, -0.2) is 0 Å². The van der Waals surface area contributed by atoms with Crippen LogP contribution in [0.5, 0.6) is 0 Å². The Hall–Kier alpha value is -0.430. The second kappa shape index (κ2) is 7.38. The number of halogens is 2. The fraction of sp³-hybridized carbons (Fsp3) is 0.462.